The Hall–Kier alpha value is -0.700. The Bertz CT molecular complexity index is 431. The van der Waals surface area contributed by atoms with Crippen LogP contribution in [0.2, 0.25) is 10.0 Å². The molecule has 1 unspecified atom stereocenters. The Morgan fingerprint density at radius 3 is 2.76 bits per heavy atom. The van der Waals surface area contributed by atoms with Crippen LogP contribution in [0.3, 0.4) is 0 Å². The second-order valence-corrected chi connectivity index (χ2v) is 4.85. The van der Waals surface area contributed by atoms with Crippen LogP contribution in [0.1, 0.15) is 12.0 Å². The molecule has 2 nitrogen and oxygen atoms in total. The summed E-state index contributed by atoms with van der Waals surface area (Å²) < 4.78 is 5.57. The monoisotopic (exact) mass is 271 g/mol. The first-order chi connectivity index (χ1) is 8.20. The van der Waals surface area contributed by atoms with E-state index < -0.39 is 0 Å². The molecule has 0 radical (unpaired) electrons. The van der Waals surface area contributed by atoms with Crippen LogP contribution in [-0.2, 0) is 11.2 Å². The van der Waals surface area contributed by atoms with Gasteiger partial charge in [0.2, 0.25) is 0 Å². The molecule has 1 heterocycles. The van der Waals surface area contributed by atoms with E-state index in [1.165, 1.54) is 0 Å². The Morgan fingerprint density at radius 2 is 2.18 bits per heavy atom. The Morgan fingerprint density at radius 1 is 1.35 bits per heavy atom. The number of hydrogen-bond donors (Lipinski definition) is 1. The molecule has 0 saturated heterocycles. The fraction of sp³-hybridized carbons (Fsp3) is 0.385. The summed E-state index contributed by atoms with van der Waals surface area (Å²) in [6.07, 6.45) is 3.98. The number of halogens is 2. The van der Waals surface area contributed by atoms with Crippen molar-refractivity contribution in [3.63, 3.8) is 0 Å². The third kappa shape index (κ3) is 3.15. The molecule has 1 aliphatic rings. The SMILES string of the molecule is CNC(Cc1ccc(Cl)c(Cl)c1)C1=CCCO1. The number of rotatable bonds is 4. The highest BCUT2D eigenvalue weighted by Crippen LogP contribution is 2.24. The smallest absolute Gasteiger partial charge is 0.109 e. The van der Waals surface area contributed by atoms with Crippen LogP contribution in [0.4, 0.5) is 0 Å². The fourth-order valence-corrected chi connectivity index (χ4v) is 2.25. The highest BCUT2D eigenvalue weighted by Gasteiger charge is 2.17. The standard InChI is InChI=1S/C13H15Cl2NO/c1-16-12(13-3-2-6-17-13)8-9-4-5-10(14)11(15)7-9/h3-5,7,12,16H,2,6,8H2,1H3. The first kappa shape index (κ1) is 12.7. The molecule has 92 valence electrons. The van der Waals surface area contributed by atoms with Crippen LogP contribution in [-0.4, -0.2) is 19.7 Å². The minimum absolute atomic E-state index is 0.203. The molecule has 1 aromatic carbocycles. The number of benzene rings is 1. The van der Waals surface area contributed by atoms with Crippen molar-refractivity contribution < 1.29 is 4.74 Å². The van der Waals surface area contributed by atoms with Crippen molar-refractivity contribution in [2.45, 2.75) is 18.9 Å². The van der Waals surface area contributed by atoms with Crippen LogP contribution in [0, 0.1) is 0 Å². The molecule has 0 amide bonds. The number of hydrogen-bond acceptors (Lipinski definition) is 2. The number of likely N-dealkylation sites (N-methyl/N-ethyl adjacent to an activating group) is 1. The van der Waals surface area contributed by atoms with E-state index in [9.17, 15) is 0 Å². The minimum atomic E-state index is 0.203. The van der Waals surface area contributed by atoms with Gasteiger partial charge in [-0.1, -0.05) is 29.3 Å². The van der Waals surface area contributed by atoms with Crippen molar-refractivity contribution in [2.75, 3.05) is 13.7 Å². The van der Waals surface area contributed by atoms with Gasteiger partial charge in [-0.25, -0.2) is 0 Å². The van der Waals surface area contributed by atoms with Crippen molar-refractivity contribution in [3.8, 4) is 0 Å². The van der Waals surface area contributed by atoms with Crippen LogP contribution < -0.4 is 5.32 Å². The average Bonchev–Trinajstić information content (AvgIpc) is 2.84. The fourth-order valence-electron chi connectivity index (χ4n) is 1.93. The summed E-state index contributed by atoms with van der Waals surface area (Å²) in [6.45, 7) is 0.787. The lowest BCUT2D eigenvalue weighted by molar-refractivity contribution is 0.217. The highest BCUT2D eigenvalue weighted by molar-refractivity contribution is 6.42. The maximum Gasteiger partial charge on any atom is 0.109 e. The van der Waals surface area contributed by atoms with Gasteiger partial charge in [0.15, 0.2) is 0 Å². The first-order valence-corrected chi connectivity index (χ1v) is 6.40. The molecule has 0 saturated carbocycles. The summed E-state index contributed by atoms with van der Waals surface area (Å²) in [5.74, 6) is 1.03. The predicted octanol–water partition coefficient (Wildman–Crippen LogP) is 3.43. The zero-order valence-electron chi connectivity index (χ0n) is 9.67. The summed E-state index contributed by atoms with van der Waals surface area (Å²) >= 11 is 11.9. The van der Waals surface area contributed by atoms with Crippen LogP contribution in [0.25, 0.3) is 0 Å². The molecular formula is C13H15Cl2NO. The third-order valence-corrected chi connectivity index (χ3v) is 3.59. The van der Waals surface area contributed by atoms with Crippen molar-refractivity contribution >= 4 is 23.2 Å². The van der Waals surface area contributed by atoms with Gasteiger partial charge in [0.05, 0.1) is 22.7 Å². The molecule has 0 bridgehead atoms. The molecule has 1 N–H and O–H groups in total. The highest BCUT2D eigenvalue weighted by atomic mass is 35.5. The van der Waals surface area contributed by atoms with Gasteiger partial charge >= 0.3 is 0 Å². The molecule has 2 rings (SSSR count). The third-order valence-electron chi connectivity index (χ3n) is 2.85. The van der Waals surface area contributed by atoms with Crippen LogP contribution in [0.15, 0.2) is 30.0 Å². The summed E-state index contributed by atoms with van der Waals surface area (Å²) in [5, 5.41) is 4.45. The minimum Gasteiger partial charge on any atom is -0.496 e. The van der Waals surface area contributed by atoms with Crippen molar-refractivity contribution in [1.29, 1.82) is 0 Å². The van der Waals surface area contributed by atoms with E-state index in [1.54, 1.807) is 0 Å². The molecule has 4 heteroatoms. The van der Waals surface area contributed by atoms with E-state index in [4.69, 9.17) is 27.9 Å². The molecule has 0 aromatic heterocycles. The molecule has 0 fully saturated rings. The van der Waals surface area contributed by atoms with Crippen molar-refractivity contribution in [1.82, 2.24) is 5.32 Å². The molecule has 1 aromatic rings. The lowest BCUT2D eigenvalue weighted by Crippen LogP contribution is -2.30. The molecule has 0 aliphatic carbocycles. The summed E-state index contributed by atoms with van der Waals surface area (Å²) in [7, 11) is 1.94. The second-order valence-electron chi connectivity index (χ2n) is 4.04. The van der Waals surface area contributed by atoms with Gasteiger partial charge in [0.25, 0.3) is 0 Å². The Balaban J connectivity index is 2.09. The van der Waals surface area contributed by atoms with E-state index in [0.717, 1.165) is 30.8 Å². The summed E-state index contributed by atoms with van der Waals surface area (Å²) in [6, 6.07) is 5.93. The second kappa shape index (κ2) is 5.76. The number of ether oxygens (including phenoxy) is 1. The van der Waals surface area contributed by atoms with Gasteiger partial charge in [-0.15, -0.1) is 0 Å². The van der Waals surface area contributed by atoms with E-state index in [1.807, 2.05) is 25.2 Å². The number of nitrogens with one attached hydrogen (secondary N) is 1. The Kier molecular flexibility index (Phi) is 4.32. The normalized spacial score (nSPS) is 16.5. The topological polar surface area (TPSA) is 21.3 Å². The lowest BCUT2D eigenvalue weighted by atomic mass is 10.0. The summed E-state index contributed by atoms with van der Waals surface area (Å²) in [4.78, 5) is 0. The van der Waals surface area contributed by atoms with Crippen molar-refractivity contribution in [3.05, 3.63) is 45.6 Å². The van der Waals surface area contributed by atoms with Gasteiger partial charge in [-0.05, 0) is 37.2 Å². The molecule has 17 heavy (non-hydrogen) atoms. The van der Waals surface area contributed by atoms with Gasteiger partial charge < -0.3 is 10.1 Å². The van der Waals surface area contributed by atoms with Crippen LogP contribution >= 0.6 is 23.2 Å². The van der Waals surface area contributed by atoms with Gasteiger partial charge in [0.1, 0.15) is 5.76 Å². The van der Waals surface area contributed by atoms with Gasteiger partial charge in [-0.3, -0.25) is 0 Å². The lowest BCUT2D eigenvalue weighted by Gasteiger charge is -2.17. The van der Waals surface area contributed by atoms with Gasteiger partial charge in [-0.2, -0.15) is 0 Å². The first-order valence-electron chi connectivity index (χ1n) is 5.64. The quantitative estimate of drug-likeness (QED) is 0.906. The van der Waals surface area contributed by atoms with Crippen LogP contribution in [0.5, 0.6) is 0 Å². The average molecular weight is 272 g/mol. The largest absolute Gasteiger partial charge is 0.496 e. The Labute approximate surface area is 112 Å². The molecule has 1 aliphatic heterocycles. The maximum absolute atomic E-state index is 6.00. The molecular weight excluding hydrogens is 257 g/mol. The molecule has 1 atom stereocenters. The van der Waals surface area contributed by atoms with Gasteiger partial charge in [0, 0.05) is 6.42 Å². The van der Waals surface area contributed by atoms with E-state index in [-0.39, 0.29) is 6.04 Å². The predicted molar refractivity (Wildman–Crippen MR) is 71.7 cm³/mol. The van der Waals surface area contributed by atoms with E-state index in [2.05, 4.69) is 11.4 Å². The summed E-state index contributed by atoms with van der Waals surface area (Å²) in [5.41, 5.74) is 1.15. The van der Waals surface area contributed by atoms with E-state index >= 15 is 0 Å². The maximum atomic E-state index is 6.00. The zero-order chi connectivity index (χ0) is 12.3. The van der Waals surface area contributed by atoms with E-state index in [0.29, 0.717) is 10.0 Å². The zero-order valence-corrected chi connectivity index (χ0v) is 11.2. The molecule has 0 spiro atoms. The van der Waals surface area contributed by atoms with Crippen molar-refractivity contribution in [2.24, 2.45) is 0 Å².